The monoisotopic (exact) mass is 485 g/mol. The number of rotatable bonds is 3. The summed E-state index contributed by atoms with van der Waals surface area (Å²) in [5.74, 6) is -8.81. The molecule has 2 fully saturated rings. The zero-order valence-corrected chi connectivity index (χ0v) is 20.7. The van der Waals surface area contributed by atoms with E-state index in [9.17, 15) is 34.2 Å². The van der Waals surface area contributed by atoms with E-state index < -0.39 is 63.3 Å². The molecule has 4 rings (SSSR count). The Hall–Kier alpha value is -3.11. The lowest BCUT2D eigenvalue weighted by Gasteiger charge is -2.61. The van der Waals surface area contributed by atoms with E-state index >= 15 is 0 Å². The topological polar surface area (TPSA) is 158 Å². The van der Waals surface area contributed by atoms with Gasteiger partial charge < -0.3 is 20.8 Å². The first-order valence-corrected chi connectivity index (χ1v) is 11.4. The van der Waals surface area contributed by atoms with Gasteiger partial charge in [-0.3, -0.25) is 28.9 Å². The van der Waals surface area contributed by atoms with E-state index in [2.05, 4.69) is 0 Å². The number of carbonyl (C=O) groups excluding carboxylic acids is 5. The third kappa shape index (κ3) is 2.92. The Balaban J connectivity index is 1.97. The predicted octanol–water partition coefficient (Wildman–Crippen LogP) is -0.287. The summed E-state index contributed by atoms with van der Waals surface area (Å²) in [7, 11) is 6.51. The summed E-state index contributed by atoms with van der Waals surface area (Å²) in [6.07, 6.45) is 0.180. The molecule has 35 heavy (non-hydrogen) atoms. The molecule has 0 bridgehead atoms. The molecule has 0 radical (unpaired) electrons. The molecule has 0 saturated heterocycles. The third-order valence-electron chi connectivity index (χ3n) is 8.32. The molecule has 2 unspecified atom stereocenters. The Morgan fingerprint density at radius 3 is 2.17 bits per heavy atom. The van der Waals surface area contributed by atoms with Gasteiger partial charge in [-0.1, -0.05) is 19.9 Å². The van der Waals surface area contributed by atoms with Crippen LogP contribution in [0.25, 0.3) is 0 Å². The fraction of sp³-hybridized carbons (Fsp3) is 0.560. The second-order valence-electron chi connectivity index (χ2n) is 11.1. The molecule has 10 nitrogen and oxygen atoms in total. The lowest BCUT2D eigenvalue weighted by atomic mass is 9.42. The van der Waals surface area contributed by atoms with E-state index in [-0.39, 0.29) is 24.2 Å². The zero-order chi connectivity index (χ0) is 26.4. The van der Waals surface area contributed by atoms with E-state index in [1.807, 2.05) is 0 Å². The number of nitrogens with two attached hydrogens (primary N) is 1. The van der Waals surface area contributed by atoms with Gasteiger partial charge >= 0.3 is 0 Å². The average Bonchev–Trinajstić information content (AvgIpc) is 2.69. The van der Waals surface area contributed by atoms with Gasteiger partial charge in [0.15, 0.2) is 34.7 Å². The van der Waals surface area contributed by atoms with Gasteiger partial charge in [0.2, 0.25) is 5.91 Å². The van der Waals surface area contributed by atoms with Crippen LogP contribution in [0.1, 0.15) is 36.2 Å². The van der Waals surface area contributed by atoms with Gasteiger partial charge in [0.25, 0.3) is 0 Å². The van der Waals surface area contributed by atoms with Gasteiger partial charge in [0.05, 0.1) is 23.2 Å². The number of fused-ring (bicyclic) bond motifs is 3. The molecule has 0 spiro atoms. The molecule has 1 aromatic rings. The van der Waals surface area contributed by atoms with Crippen molar-refractivity contribution in [2.75, 3.05) is 33.1 Å². The van der Waals surface area contributed by atoms with Gasteiger partial charge in [0.1, 0.15) is 5.75 Å². The number of phenolic OH excluding ortho intramolecular Hbond substituents is 1. The first-order valence-electron chi connectivity index (χ1n) is 11.4. The van der Waals surface area contributed by atoms with Gasteiger partial charge in [-0.2, -0.15) is 0 Å². The number of aliphatic hydroxyl groups is 1. The quantitative estimate of drug-likeness (QED) is 0.489. The van der Waals surface area contributed by atoms with Gasteiger partial charge in [-0.25, -0.2) is 0 Å². The Morgan fingerprint density at radius 2 is 1.66 bits per heavy atom. The second kappa shape index (κ2) is 7.44. The SMILES string of the molecule is CN(C)c1ccc2c(c1O)C(=O)C1C(=O)[C@]3(O)C(=O)C(C(N)=O)C(=O)[C@@H](N(C)C)[C@]3(C)C[C@]1(C)C2. The number of primary amides is 1. The third-order valence-corrected chi connectivity index (χ3v) is 8.32. The van der Waals surface area contributed by atoms with Crippen molar-refractivity contribution >= 4 is 34.7 Å². The summed E-state index contributed by atoms with van der Waals surface area (Å²) in [4.78, 5) is 69.9. The molecule has 3 aliphatic carbocycles. The van der Waals surface area contributed by atoms with Crippen molar-refractivity contribution in [2.24, 2.45) is 28.4 Å². The number of anilines is 1. The number of hydrogen-bond acceptors (Lipinski definition) is 9. The van der Waals surface area contributed by atoms with Crippen LogP contribution in [0.3, 0.4) is 0 Å². The van der Waals surface area contributed by atoms with Crippen LogP contribution < -0.4 is 10.6 Å². The van der Waals surface area contributed by atoms with Crippen molar-refractivity contribution in [3.05, 3.63) is 23.3 Å². The molecule has 188 valence electrons. The summed E-state index contributed by atoms with van der Waals surface area (Å²) in [6, 6.07) is 2.23. The van der Waals surface area contributed by atoms with E-state index in [0.29, 0.717) is 11.3 Å². The fourth-order valence-electron chi connectivity index (χ4n) is 7.06. The molecule has 10 heteroatoms. The highest BCUT2D eigenvalue weighted by Crippen LogP contribution is 2.61. The number of Topliss-reactive ketones (excluding diaryl/α,β-unsaturated/α-hetero) is 4. The van der Waals surface area contributed by atoms with Crippen LogP contribution >= 0.6 is 0 Å². The number of carbonyl (C=O) groups is 5. The number of ketones is 4. The lowest BCUT2D eigenvalue weighted by Crippen LogP contribution is -2.79. The zero-order valence-electron chi connectivity index (χ0n) is 20.7. The van der Waals surface area contributed by atoms with Gasteiger partial charge in [-0.15, -0.1) is 0 Å². The van der Waals surface area contributed by atoms with Crippen molar-refractivity contribution in [1.29, 1.82) is 0 Å². The van der Waals surface area contributed by atoms with Crippen molar-refractivity contribution in [3.63, 3.8) is 0 Å². The molecule has 2 saturated carbocycles. The van der Waals surface area contributed by atoms with Crippen LogP contribution in [0.15, 0.2) is 12.1 Å². The number of benzene rings is 1. The van der Waals surface area contributed by atoms with E-state index in [1.165, 1.54) is 11.8 Å². The first kappa shape index (κ1) is 25.0. The Bertz CT molecular complexity index is 1210. The largest absolute Gasteiger partial charge is 0.505 e. The summed E-state index contributed by atoms with van der Waals surface area (Å²) in [5, 5.41) is 22.8. The molecular formula is C25H31N3O7. The number of aromatic hydroxyl groups is 1. The normalized spacial score (nSPS) is 36.5. The molecule has 0 aliphatic heterocycles. The van der Waals surface area contributed by atoms with Gasteiger partial charge in [0, 0.05) is 19.5 Å². The molecular weight excluding hydrogens is 454 g/mol. The number of nitrogens with zero attached hydrogens (tertiary/aromatic N) is 2. The second-order valence-corrected chi connectivity index (χ2v) is 11.1. The minimum atomic E-state index is -2.79. The van der Waals surface area contributed by atoms with E-state index in [1.54, 1.807) is 52.1 Å². The van der Waals surface area contributed by atoms with Crippen molar-refractivity contribution < 1.29 is 34.2 Å². The van der Waals surface area contributed by atoms with Crippen LogP contribution in [0.4, 0.5) is 5.69 Å². The molecule has 3 aliphatic rings. The maximum Gasteiger partial charge on any atom is 0.235 e. The Morgan fingerprint density at radius 1 is 1.06 bits per heavy atom. The van der Waals surface area contributed by atoms with E-state index in [4.69, 9.17) is 5.73 Å². The number of likely N-dealkylation sites (N-methyl/N-ethyl adjacent to an activating group) is 1. The highest BCUT2D eigenvalue weighted by atomic mass is 16.3. The highest BCUT2D eigenvalue weighted by Gasteiger charge is 2.76. The Labute approximate surface area is 203 Å². The summed E-state index contributed by atoms with van der Waals surface area (Å²) < 4.78 is 0. The summed E-state index contributed by atoms with van der Waals surface area (Å²) in [6.45, 7) is 3.21. The molecule has 1 amide bonds. The predicted molar refractivity (Wildman–Crippen MR) is 125 cm³/mol. The van der Waals surface area contributed by atoms with Crippen LogP contribution in [0, 0.1) is 22.7 Å². The van der Waals surface area contributed by atoms with Crippen LogP contribution in [0.2, 0.25) is 0 Å². The Kier molecular flexibility index (Phi) is 5.32. The summed E-state index contributed by atoms with van der Waals surface area (Å²) in [5.41, 5.74) is 0.809. The van der Waals surface area contributed by atoms with Crippen LogP contribution in [-0.4, -0.2) is 84.0 Å². The minimum Gasteiger partial charge on any atom is -0.505 e. The fourth-order valence-corrected chi connectivity index (χ4v) is 7.06. The van der Waals surface area contributed by atoms with Crippen molar-refractivity contribution in [2.45, 2.75) is 38.3 Å². The van der Waals surface area contributed by atoms with Crippen LogP contribution in [-0.2, 0) is 25.6 Å². The number of phenols is 1. The molecule has 6 atom stereocenters. The molecule has 4 N–H and O–H groups in total. The van der Waals surface area contributed by atoms with E-state index in [0.717, 1.165) is 0 Å². The highest BCUT2D eigenvalue weighted by molar-refractivity contribution is 6.33. The maximum absolute atomic E-state index is 14.1. The van der Waals surface area contributed by atoms with Crippen molar-refractivity contribution in [1.82, 2.24) is 4.90 Å². The van der Waals surface area contributed by atoms with Crippen LogP contribution in [0.5, 0.6) is 5.75 Å². The first-order chi connectivity index (χ1) is 16.0. The smallest absolute Gasteiger partial charge is 0.235 e. The molecule has 0 aromatic heterocycles. The van der Waals surface area contributed by atoms with Crippen molar-refractivity contribution in [3.8, 4) is 5.75 Å². The molecule has 0 heterocycles. The number of hydrogen-bond donors (Lipinski definition) is 3. The molecule has 1 aromatic carbocycles. The standard InChI is InChI=1S/C25H31N3O7/c1-23-9-11-7-8-12(27(3)4)16(29)13(11)17(30)15(23)21(33)25(35)20(32)14(22(26)34)18(31)19(28(5)6)24(25,2)10-23/h7-8,14-15,19,29,35H,9-10H2,1-6H3,(H2,26,34)/t14?,15?,19-,23+,24+,25-/m1/s1. The average molecular weight is 486 g/mol. The maximum atomic E-state index is 14.1. The lowest BCUT2D eigenvalue weighted by molar-refractivity contribution is -0.203. The summed E-state index contributed by atoms with van der Waals surface area (Å²) >= 11 is 0. The number of amides is 1. The van der Waals surface area contributed by atoms with Gasteiger partial charge in [-0.05, 0) is 44.0 Å². The minimum absolute atomic E-state index is 0.0193.